The molecule has 1 fully saturated rings. The number of halogens is 2. The lowest BCUT2D eigenvalue weighted by atomic mass is 10.2. The highest BCUT2D eigenvalue weighted by atomic mass is 35.5. The summed E-state index contributed by atoms with van der Waals surface area (Å²) in [6.07, 6.45) is 2.97. The van der Waals surface area contributed by atoms with Gasteiger partial charge in [-0.25, -0.2) is 0 Å². The van der Waals surface area contributed by atoms with E-state index in [1.807, 2.05) is 24.3 Å². The highest BCUT2D eigenvalue weighted by molar-refractivity contribution is 7.80. The molecule has 0 aliphatic carbocycles. The first-order chi connectivity index (χ1) is 13.5. The molecule has 2 N–H and O–H groups in total. The maximum atomic E-state index is 12.0. The predicted octanol–water partition coefficient (Wildman–Crippen LogP) is 4.36. The first-order valence-electron chi connectivity index (χ1n) is 8.69. The van der Waals surface area contributed by atoms with Gasteiger partial charge < -0.3 is 15.0 Å². The van der Waals surface area contributed by atoms with Gasteiger partial charge in [0.1, 0.15) is 0 Å². The van der Waals surface area contributed by atoms with Crippen LogP contribution in [0.15, 0.2) is 48.5 Å². The summed E-state index contributed by atoms with van der Waals surface area (Å²) in [6.45, 7) is 3.24. The number of anilines is 2. The second-order valence-electron chi connectivity index (χ2n) is 6.09. The van der Waals surface area contributed by atoms with Gasteiger partial charge >= 0.3 is 0 Å². The monoisotopic (exact) mass is 435 g/mol. The lowest BCUT2D eigenvalue weighted by Crippen LogP contribution is -2.36. The SMILES string of the molecule is O=C(C=Cc1ccc(Cl)cc1Cl)NC(=S)Nc1ccc(N2CCOCC2)cc1. The summed E-state index contributed by atoms with van der Waals surface area (Å²) in [6, 6.07) is 12.9. The van der Waals surface area contributed by atoms with Gasteiger partial charge in [0.15, 0.2) is 5.11 Å². The first-order valence-corrected chi connectivity index (χ1v) is 9.85. The van der Waals surface area contributed by atoms with Crippen LogP contribution < -0.4 is 15.5 Å². The highest BCUT2D eigenvalue weighted by Gasteiger charge is 2.11. The van der Waals surface area contributed by atoms with Crippen LogP contribution in [-0.4, -0.2) is 37.3 Å². The van der Waals surface area contributed by atoms with Crippen LogP contribution in [0.5, 0.6) is 0 Å². The number of nitrogens with one attached hydrogen (secondary N) is 2. The summed E-state index contributed by atoms with van der Waals surface area (Å²) < 4.78 is 5.36. The van der Waals surface area contributed by atoms with Crippen molar-refractivity contribution in [3.05, 3.63) is 64.1 Å². The molecule has 146 valence electrons. The summed E-state index contributed by atoms with van der Waals surface area (Å²) in [5, 5.41) is 6.83. The third-order valence-electron chi connectivity index (χ3n) is 4.11. The largest absolute Gasteiger partial charge is 0.378 e. The first kappa shape index (κ1) is 20.6. The lowest BCUT2D eigenvalue weighted by molar-refractivity contribution is -0.115. The Morgan fingerprint density at radius 3 is 2.50 bits per heavy atom. The molecule has 0 saturated carbocycles. The lowest BCUT2D eigenvalue weighted by Gasteiger charge is -2.28. The van der Waals surface area contributed by atoms with Crippen molar-refractivity contribution in [3.8, 4) is 0 Å². The van der Waals surface area contributed by atoms with Crippen LogP contribution in [0, 0.1) is 0 Å². The Hall–Kier alpha value is -2.12. The van der Waals surface area contributed by atoms with E-state index >= 15 is 0 Å². The smallest absolute Gasteiger partial charge is 0.250 e. The third kappa shape index (κ3) is 5.94. The quantitative estimate of drug-likeness (QED) is 0.551. The predicted molar refractivity (Wildman–Crippen MR) is 119 cm³/mol. The van der Waals surface area contributed by atoms with Gasteiger partial charge in [0.05, 0.1) is 13.2 Å². The average Bonchev–Trinajstić information content (AvgIpc) is 2.68. The van der Waals surface area contributed by atoms with E-state index in [-0.39, 0.29) is 11.0 Å². The fourth-order valence-corrected chi connectivity index (χ4v) is 3.39. The molecule has 2 aromatic carbocycles. The Morgan fingerprint density at radius 2 is 1.82 bits per heavy atom. The third-order valence-corrected chi connectivity index (χ3v) is 4.88. The molecule has 0 aromatic heterocycles. The van der Waals surface area contributed by atoms with Gasteiger partial charge in [-0.05, 0) is 60.3 Å². The number of hydrogen-bond donors (Lipinski definition) is 2. The normalized spacial score (nSPS) is 14.1. The van der Waals surface area contributed by atoms with Crippen LogP contribution in [0.1, 0.15) is 5.56 Å². The van der Waals surface area contributed by atoms with Gasteiger partial charge in [-0.1, -0.05) is 29.3 Å². The van der Waals surface area contributed by atoms with E-state index < -0.39 is 0 Å². The van der Waals surface area contributed by atoms with Crippen LogP contribution in [0.2, 0.25) is 10.0 Å². The van der Waals surface area contributed by atoms with Crippen molar-refractivity contribution >= 4 is 63.9 Å². The number of ether oxygens (including phenoxy) is 1. The van der Waals surface area contributed by atoms with Crippen LogP contribution in [-0.2, 0) is 9.53 Å². The number of morpholine rings is 1. The van der Waals surface area contributed by atoms with Crippen molar-refractivity contribution in [2.75, 3.05) is 36.5 Å². The zero-order valence-corrected chi connectivity index (χ0v) is 17.3. The van der Waals surface area contributed by atoms with Crippen molar-refractivity contribution in [1.29, 1.82) is 0 Å². The molecule has 0 unspecified atom stereocenters. The summed E-state index contributed by atoms with van der Waals surface area (Å²) in [4.78, 5) is 14.3. The Bertz CT molecular complexity index is 882. The van der Waals surface area contributed by atoms with Crippen LogP contribution in [0.3, 0.4) is 0 Å². The zero-order chi connectivity index (χ0) is 19.9. The molecule has 1 aliphatic rings. The van der Waals surface area contributed by atoms with Crippen molar-refractivity contribution in [2.45, 2.75) is 0 Å². The molecule has 1 saturated heterocycles. The van der Waals surface area contributed by atoms with Crippen LogP contribution >= 0.6 is 35.4 Å². The molecule has 5 nitrogen and oxygen atoms in total. The van der Waals surface area contributed by atoms with Gasteiger partial charge in [-0.3, -0.25) is 10.1 Å². The van der Waals surface area contributed by atoms with Gasteiger partial charge in [-0.15, -0.1) is 0 Å². The highest BCUT2D eigenvalue weighted by Crippen LogP contribution is 2.22. The fourth-order valence-electron chi connectivity index (χ4n) is 2.70. The Kier molecular flexibility index (Phi) is 7.28. The zero-order valence-electron chi connectivity index (χ0n) is 15.0. The van der Waals surface area contributed by atoms with E-state index in [1.165, 1.54) is 6.08 Å². The second kappa shape index (κ2) is 9.89. The molecule has 3 rings (SSSR count). The number of carbonyl (C=O) groups is 1. The molecule has 8 heteroatoms. The molecule has 0 radical (unpaired) electrons. The maximum Gasteiger partial charge on any atom is 0.250 e. The molecule has 0 atom stereocenters. The van der Waals surface area contributed by atoms with Gasteiger partial charge in [0.2, 0.25) is 5.91 Å². The van der Waals surface area contributed by atoms with Crippen LogP contribution in [0.4, 0.5) is 11.4 Å². The Labute approximate surface area is 179 Å². The van der Waals surface area contributed by atoms with Crippen molar-refractivity contribution < 1.29 is 9.53 Å². The Balaban J connectivity index is 1.51. The summed E-state index contributed by atoms with van der Waals surface area (Å²) in [7, 11) is 0. The molecule has 1 heterocycles. The number of rotatable bonds is 4. The minimum atomic E-state index is -0.353. The van der Waals surface area contributed by atoms with E-state index in [0.717, 1.165) is 37.7 Å². The van der Waals surface area contributed by atoms with Gasteiger partial charge in [0, 0.05) is 40.6 Å². The van der Waals surface area contributed by atoms with Crippen molar-refractivity contribution in [3.63, 3.8) is 0 Å². The number of nitrogens with zero attached hydrogens (tertiary/aromatic N) is 1. The molecular formula is C20H19Cl2N3O2S. The minimum Gasteiger partial charge on any atom is -0.378 e. The number of carbonyl (C=O) groups excluding carboxylic acids is 1. The molecule has 0 spiro atoms. The topological polar surface area (TPSA) is 53.6 Å². The van der Waals surface area contributed by atoms with Crippen molar-refractivity contribution in [2.24, 2.45) is 0 Å². The number of hydrogen-bond acceptors (Lipinski definition) is 4. The summed E-state index contributed by atoms with van der Waals surface area (Å²) >= 11 is 17.1. The van der Waals surface area contributed by atoms with Gasteiger partial charge in [0.25, 0.3) is 0 Å². The van der Waals surface area contributed by atoms with Crippen molar-refractivity contribution in [1.82, 2.24) is 5.32 Å². The van der Waals surface area contributed by atoms with E-state index in [9.17, 15) is 4.79 Å². The average molecular weight is 436 g/mol. The maximum absolute atomic E-state index is 12.0. The van der Waals surface area contributed by atoms with Crippen LogP contribution in [0.25, 0.3) is 6.08 Å². The summed E-state index contributed by atoms with van der Waals surface area (Å²) in [5.74, 6) is -0.353. The molecule has 0 bridgehead atoms. The number of amides is 1. The minimum absolute atomic E-state index is 0.218. The molecule has 1 amide bonds. The Morgan fingerprint density at radius 1 is 1.11 bits per heavy atom. The van der Waals surface area contributed by atoms with Gasteiger partial charge in [-0.2, -0.15) is 0 Å². The second-order valence-corrected chi connectivity index (χ2v) is 7.34. The molecule has 1 aliphatic heterocycles. The van der Waals surface area contributed by atoms with E-state index in [4.69, 9.17) is 40.2 Å². The standard InChI is InChI=1S/C20H19Cl2N3O2S/c21-15-3-1-14(18(22)13-15)2-8-19(26)24-20(28)23-16-4-6-17(7-5-16)25-9-11-27-12-10-25/h1-8,13H,9-12H2,(H2,23,24,26,28). The van der Waals surface area contributed by atoms with E-state index in [2.05, 4.69) is 15.5 Å². The number of benzene rings is 2. The summed E-state index contributed by atoms with van der Waals surface area (Å²) in [5.41, 5.74) is 2.62. The molecular weight excluding hydrogens is 417 g/mol. The fraction of sp³-hybridized carbons (Fsp3) is 0.200. The number of thiocarbonyl (C=S) groups is 1. The van der Waals surface area contributed by atoms with E-state index in [1.54, 1.807) is 24.3 Å². The molecule has 2 aromatic rings. The van der Waals surface area contributed by atoms with E-state index in [0.29, 0.717) is 15.6 Å². The molecule has 28 heavy (non-hydrogen) atoms.